The molecule has 0 N–H and O–H groups in total. The largest absolute Gasteiger partial charge is 2.00 e. The van der Waals surface area contributed by atoms with Crippen molar-refractivity contribution in [1.82, 2.24) is 38.9 Å². The molecule has 0 unspecified atom stereocenters. The normalized spacial score (nSPS) is 12.3. The summed E-state index contributed by atoms with van der Waals surface area (Å²) in [7, 11) is 0. The minimum Gasteiger partial charge on any atom is -0.509 e. The molecule has 12 aromatic rings. The smallest absolute Gasteiger partial charge is 0.509 e. The van der Waals surface area contributed by atoms with Crippen LogP contribution in [-0.2, 0) is 42.1 Å². The van der Waals surface area contributed by atoms with Crippen molar-refractivity contribution in [3.63, 3.8) is 0 Å². The third-order valence-corrected chi connectivity index (χ3v) is 10.6. The van der Waals surface area contributed by atoms with Gasteiger partial charge < -0.3 is 23.2 Å². The van der Waals surface area contributed by atoms with Crippen LogP contribution in [0.5, 0.6) is 23.0 Å². The first-order valence-corrected chi connectivity index (χ1v) is 19.1. The van der Waals surface area contributed by atoms with Gasteiger partial charge in [-0.25, -0.2) is 15.0 Å². The van der Waals surface area contributed by atoms with E-state index in [1.54, 1.807) is 17.0 Å². The van der Waals surface area contributed by atoms with E-state index in [9.17, 15) is 0 Å². The number of hydrogen-bond acceptors (Lipinski definition) is 7. The Morgan fingerprint density at radius 2 is 0.887 bits per heavy atom. The molecule has 0 aliphatic carbocycles. The van der Waals surface area contributed by atoms with E-state index in [2.05, 4.69) is 82.8 Å². The molecule has 12 heteroatoms. The second-order valence-corrected chi connectivity index (χ2v) is 14.1. The zero-order valence-electron chi connectivity index (χ0n) is 35.0. The summed E-state index contributed by atoms with van der Waals surface area (Å²) in [6.45, 7) is -2.53. The molecule has 0 bridgehead atoms. The molecule has 62 heavy (non-hydrogen) atoms. The molecule has 10 nitrogen and oxygen atoms in total. The molecule has 6 heterocycles. The minimum atomic E-state index is -2.53. The average molecular weight is 1170 g/mol. The molecule has 0 saturated carbocycles. The van der Waals surface area contributed by atoms with Crippen LogP contribution in [0.1, 0.15) is 9.81 Å². The third kappa shape index (κ3) is 6.46. The van der Waals surface area contributed by atoms with Crippen molar-refractivity contribution in [2.24, 2.45) is 0 Å². The number of aryl methyl sites for hydroxylation is 1. The van der Waals surface area contributed by atoms with Crippen molar-refractivity contribution in [1.29, 1.82) is 0 Å². The van der Waals surface area contributed by atoms with Gasteiger partial charge in [0.2, 0.25) is 0 Å². The first kappa shape index (κ1) is 35.7. The quantitative estimate of drug-likeness (QED) is 0.147. The molecule has 6 aromatic heterocycles. The van der Waals surface area contributed by atoms with Gasteiger partial charge in [0.15, 0.2) is 0 Å². The molecule has 6 aromatic carbocycles. The van der Waals surface area contributed by atoms with Gasteiger partial charge in [0.1, 0.15) is 11.6 Å². The van der Waals surface area contributed by atoms with Gasteiger partial charge in [-0.3, -0.25) is 0 Å². The van der Waals surface area contributed by atoms with Crippen molar-refractivity contribution in [2.75, 3.05) is 0 Å². The van der Waals surface area contributed by atoms with E-state index < -0.39 is 6.85 Å². The predicted octanol–water partition coefficient (Wildman–Crippen LogP) is 11.0. The van der Waals surface area contributed by atoms with Gasteiger partial charge in [0.25, 0.3) is 5.95 Å². The zero-order valence-corrected chi connectivity index (χ0v) is 36.5. The Kier molecular flexibility index (Phi) is 9.10. The van der Waals surface area contributed by atoms with E-state index in [4.69, 9.17) is 13.6 Å². The molecule has 0 aliphatic heterocycles. The number of para-hydroxylation sites is 2. The molecule has 300 valence electrons. The fourth-order valence-electron chi connectivity index (χ4n) is 8.09. The zero-order chi connectivity index (χ0) is 42.2. The number of rotatable bonds is 7. The molecule has 0 radical (unpaired) electrons. The third-order valence-electron chi connectivity index (χ3n) is 10.6. The van der Waals surface area contributed by atoms with E-state index in [-0.39, 0.29) is 53.8 Å². The standard InChI is InChI=1S/C50H28N8O2.2Pt/c1-31-30-53-55-50(54-31)58-46-28-34(59-32-16-20-38-36-10-2-4-12-42(36)56(44(38)26-32)48-14-6-8-24-51-48)18-22-40(46)41-23-19-35(29-47(41)58)60-33-17-21-39-37-11-3-5-13-43(37)57(45(39)27-33)49-15-7-9-25-52-49;;/h2-25,30H,1H3;;/q-4;2*+2/i1D3;;. The summed E-state index contributed by atoms with van der Waals surface area (Å²) < 4.78 is 43.1. The van der Waals surface area contributed by atoms with E-state index >= 15 is 0 Å². The van der Waals surface area contributed by atoms with Gasteiger partial charge in [-0.1, -0.05) is 70.6 Å². The van der Waals surface area contributed by atoms with E-state index in [1.165, 1.54) is 0 Å². The molecular formula is C50H28N8O2Pt2. The molecule has 0 saturated heterocycles. The number of pyridine rings is 2. The fraction of sp³-hybridized carbons (Fsp3) is 0.0200. The van der Waals surface area contributed by atoms with Crippen LogP contribution in [0, 0.1) is 31.1 Å². The second kappa shape index (κ2) is 15.8. The van der Waals surface area contributed by atoms with Gasteiger partial charge in [-0.15, -0.1) is 64.4 Å². The Bertz CT molecular complexity index is 3550. The topological polar surface area (TPSA) is 97.7 Å². The number of ether oxygens (including phenoxy) is 2. The van der Waals surface area contributed by atoms with Crippen LogP contribution in [0.3, 0.4) is 0 Å². The summed E-state index contributed by atoms with van der Waals surface area (Å²) in [4.78, 5) is 13.8. The Balaban J connectivity index is 0.00000249. The molecule has 0 amide bonds. The first-order chi connectivity index (χ1) is 30.9. The maximum atomic E-state index is 8.08. The molecule has 12 rings (SSSR count). The van der Waals surface area contributed by atoms with Gasteiger partial charge in [-0.2, -0.15) is 40.1 Å². The Morgan fingerprint density at radius 3 is 1.32 bits per heavy atom. The fourth-order valence-corrected chi connectivity index (χ4v) is 8.09. The van der Waals surface area contributed by atoms with E-state index in [0.29, 0.717) is 34.0 Å². The van der Waals surface area contributed by atoms with Crippen molar-refractivity contribution in [2.45, 2.75) is 6.85 Å². The molecule has 0 fully saturated rings. The first-order valence-electron chi connectivity index (χ1n) is 20.6. The molecule has 0 spiro atoms. The van der Waals surface area contributed by atoms with Crippen molar-refractivity contribution < 1.29 is 55.7 Å². The maximum absolute atomic E-state index is 8.08. The van der Waals surface area contributed by atoms with Gasteiger partial charge in [0, 0.05) is 50.5 Å². The molecule has 0 atom stereocenters. The number of fused-ring (bicyclic) bond motifs is 9. The SMILES string of the molecule is [2H]C([2H])([2H])c1cnnc(-n2c3[c-]c(Oc4[c-]c5c(cc4)c4ccccc4n5-c4ccccn4)ccc3c3ccc(Oc4[c-]c5c(cc4)c4ccccc4n5-c4ccccn4)[c-]c32)n1.[Pt+2].[Pt+2]. The van der Waals surface area contributed by atoms with E-state index in [1.807, 2.05) is 109 Å². The van der Waals surface area contributed by atoms with Crippen molar-refractivity contribution in [3.05, 3.63) is 182 Å². The summed E-state index contributed by atoms with van der Waals surface area (Å²) in [6, 6.07) is 57.0. The monoisotopic (exact) mass is 1170 g/mol. The van der Waals surface area contributed by atoms with Gasteiger partial charge in [-0.05, 0) is 54.0 Å². The van der Waals surface area contributed by atoms with Gasteiger partial charge >= 0.3 is 42.1 Å². The molecular weight excluding hydrogens is 1130 g/mol. The van der Waals surface area contributed by atoms with Crippen LogP contribution in [0.15, 0.2) is 152 Å². The van der Waals surface area contributed by atoms with Crippen LogP contribution in [0.25, 0.3) is 83.0 Å². The van der Waals surface area contributed by atoms with Crippen LogP contribution in [0.2, 0.25) is 0 Å². The van der Waals surface area contributed by atoms with Crippen LogP contribution >= 0.6 is 0 Å². The Hall–Kier alpha value is -6.99. The number of benzene rings is 6. The van der Waals surface area contributed by atoms with Crippen LogP contribution in [0.4, 0.5) is 0 Å². The van der Waals surface area contributed by atoms with E-state index in [0.717, 1.165) is 72.2 Å². The summed E-state index contributed by atoms with van der Waals surface area (Å²) in [5.41, 5.74) is 4.42. The number of hydrogen-bond donors (Lipinski definition) is 0. The maximum Gasteiger partial charge on any atom is 2.00 e. The Labute approximate surface area is 387 Å². The Morgan fingerprint density at radius 1 is 0.468 bits per heavy atom. The second-order valence-electron chi connectivity index (χ2n) is 14.1. The summed E-state index contributed by atoms with van der Waals surface area (Å²) in [5, 5.41) is 14.0. The van der Waals surface area contributed by atoms with Crippen LogP contribution in [-0.4, -0.2) is 38.9 Å². The van der Waals surface area contributed by atoms with Crippen LogP contribution < -0.4 is 9.47 Å². The number of nitrogens with zero attached hydrogens (tertiary/aromatic N) is 8. The summed E-state index contributed by atoms with van der Waals surface area (Å²) in [6.07, 6.45) is 4.68. The van der Waals surface area contributed by atoms with Gasteiger partial charge in [0.05, 0.1) is 11.9 Å². The number of aromatic nitrogens is 8. The van der Waals surface area contributed by atoms with Crippen molar-refractivity contribution >= 4 is 65.4 Å². The molecule has 0 aliphatic rings. The predicted molar refractivity (Wildman–Crippen MR) is 232 cm³/mol. The minimum absolute atomic E-state index is 0. The summed E-state index contributed by atoms with van der Waals surface area (Å²) in [5.74, 6) is 3.21. The summed E-state index contributed by atoms with van der Waals surface area (Å²) >= 11 is 0. The van der Waals surface area contributed by atoms with Crippen molar-refractivity contribution in [3.8, 4) is 40.6 Å². The average Bonchev–Trinajstić information content (AvgIpc) is 3.94.